The van der Waals surface area contributed by atoms with Crippen LogP contribution in [0.3, 0.4) is 0 Å². The van der Waals surface area contributed by atoms with E-state index < -0.39 is 6.04 Å². The second kappa shape index (κ2) is 9.05. The number of hydrogen-bond donors (Lipinski definition) is 3. The number of aromatic nitrogens is 1. The molecule has 2 unspecified atom stereocenters. The molecule has 2 aromatic carbocycles. The molecule has 1 amide bonds. The maximum Gasteiger partial charge on any atom is 0.234 e. The summed E-state index contributed by atoms with van der Waals surface area (Å²) >= 11 is 6.54. The summed E-state index contributed by atoms with van der Waals surface area (Å²) in [6, 6.07) is 10.1. The zero-order chi connectivity index (χ0) is 22.9. The van der Waals surface area contributed by atoms with E-state index in [0.717, 1.165) is 24.9 Å². The van der Waals surface area contributed by atoms with Gasteiger partial charge in [0.25, 0.3) is 0 Å². The number of hydrogen-bond acceptors (Lipinski definition) is 7. The van der Waals surface area contributed by atoms with Gasteiger partial charge in [-0.15, -0.1) is 0 Å². The maximum atomic E-state index is 13.1. The summed E-state index contributed by atoms with van der Waals surface area (Å²) in [6.45, 7) is 1.86. The summed E-state index contributed by atoms with van der Waals surface area (Å²) in [4.78, 5) is 19.4. The lowest BCUT2D eigenvalue weighted by atomic mass is 9.95. The second-order valence-corrected chi connectivity index (χ2v) is 8.85. The highest BCUT2D eigenvalue weighted by Gasteiger charge is 2.27. The highest BCUT2D eigenvalue weighted by atomic mass is 35.5. The number of nitrogens with zero attached hydrogens (tertiary/aromatic N) is 2. The van der Waals surface area contributed by atoms with E-state index in [1.165, 1.54) is 0 Å². The van der Waals surface area contributed by atoms with Crippen molar-refractivity contribution < 1.29 is 19.4 Å². The average Bonchev–Trinajstić information content (AvgIpc) is 3.28. The van der Waals surface area contributed by atoms with Gasteiger partial charge in [-0.2, -0.15) is 0 Å². The molecule has 0 saturated carbocycles. The maximum absolute atomic E-state index is 13.1. The number of nitrogens with one attached hydrogen (secondary N) is 1. The standard InChI is InChI=1S/C24H25ClN4O4/c25-18-10-17(24(31)23-16(18)4-1-7-27-23)22(14-5-6-19-20(9-14)33-13-32-19)28-21(30)12-29-8-2-3-15(26)11-29/h1,4-7,9-10,15,22,31H,2-3,8,11-13,26H2,(H,28,30). The van der Waals surface area contributed by atoms with Crippen LogP contribution in [0.5, 0.6) is 17.2 Å². The van der Waals surface area contributed by atoms with Crippen molar-refractivity contribution in [1.82, 2.24) is 15.2 Å². The number of phenolic OH excluding ortho intramolecular Hbond substituents is 1. The van der Waals surface area contributed by atoms with Gasteiger partial charge in [0.05, 0.1) is 17.6 Å². The molecule has 2 atom stereocenters. The largest absolute Gasteiger partial charge is 0.505 e. The molecule has 1 fully saturated rings. The molecule has 5 rings (SSSR count). The Morgan fingerprint density at radius 1 is 1.30 bits per heavy atom. The van der Waals surface area contributed by atoms with Crippen molar-refractivity contribution in [1.29, 1.82) is 0 Å². The number of pyridine rings is 1. The predicted molar refractivity (Wildman–Crippen MR) is 125 cm³/mol. The SMILES string of the molecule is NC1CCCN(CC(=O)NC(c2ccc3c(c2)OCO3)c2cc(Cl)c3cccnc3c2O)C1. The van der Waals surface area contributed by atoms with Crippen LogP contribution in [-0.2, 0) is 4.79 Å². The van der Waals surface area contributed by atoms with E-state index in [1.807, 2.05) is 6.07 Å². The minimum absolute atomic E-state index is 0.0297. The zero-order valence-electron chi connectivity index (χ0n) is 18.0. The number of benzene rings is 2. The van der Waals surface area contributed by atoms with Crippen LogP contribution in [0.1, 0.15) is 30.0 Å². The molecule has 4 N–H and O–H groups in total. The lowest BCUT2D eigenvalue weighted by Crippen LogP contribution is -2.47. The van der Waals surface area contributed by atoms with Crippen LogP contribution in [-0.4, -0.2) is 53.4 Å². The number of likely N-dealkylation sites (tertiary alicyclic amines) is 1. The minimum atomic E-state index is -0.672. The Morgan fingerprint density at radius 3 is 3.00 bits per heavy atom. The molecule has 1 aromatic heterocycles. The van der Waals surface area contributed by atoms with Crippen LogP contribution in [0, 0.1) is 0 Å². The van der Waals surface area contributed by atoms with Gasteiger partial charge in [-0.25, -0.2) is 0 Å². The van der Waals surface area contributed by atoms with Crippen LogP contribution in [0.2, 0.25) is 5.02 Å². The first-order valence-electron chi connectivity index (χ1n) is 10.9. The van der Waals surface area contributed by atoms with Crippen molar-refractivity contribution in [3.8, 4) is 17.2 Å². The molecule has 1 saturated heterocycles. The first-order valence-corrected chi connectivity index (χ1v) is 11.3. The molecule has 172 valence electrons. The summed E-state index contributed by atoms with van der Waals surface area (Å²) in [5.41, 5.74) is 7.63. The van der Waals surface area contributed by atoms with Crippen molar-refractivity contribution >= 4 is 28.4 Å². The highest BCUT2D eigenvalue weighted by Crippen LogP contribution is 2.41. The number of ether oxygens (including phenoxy) is 2. The van der Waals surface area contributed by atoms with Gasteiger partial charge >= 0.3 is 0 Å². The number of amides is 1. The Hall–Kier alpha value is -3.07. The quantitative estimate of drug-likeness (QED) is 0.528. The summed E-state index contributed by atoms with van der Waals surface area (Å²) in [5, 5.41) is 15.3. The van der Waals surface area contributed by atoms with Gasteiger partial charge in [0, 0.05) is 29.7 Å². The second-order valence-electron chi connectivity index (χ2n) is 8.45. The van der Waals surface area contributed by atoms with E-state index in [1.54, 1.807) is 36.5 Å². The first-order chi connectivity index (χ1) is 16.0. The molecule has 2 aliphatic heterocycles. The molecule has 0 bridgehead atoms. The zero-order valence-corrected chi connectivity index (χ0v) is 18.7. The molecule has 0 radical (unpaired) electrons. The molecule has 2 aliphatic rings. The van der Waals surface area contributed by atoms with Gasteiger partial charge in [-0.05, 0) is 55.3 Å². The van der Waals surface area contributed by atoms with Crippen molar-refractivity contribution in [2.45, 2.75) is 24.9 Å². The van der Waals surface area contributed by atoms with Crippen LogP contribution < -0.4 is 20.5 Å². The molecular weight excluding hydrogens is 444 g/mol. The van der Waals surface area contributed by atoms with Gasteiger partial charge in [0.1, 0.15) is 11.3 Å². The van der Waals surface area contributed by atoms with Crippen LogP contribution in [0.15, 0.2) is 42.6 Å². The fraction of sp³-hybridized carbons (Fsp3) is 0.333. The van der Waals surface area contributed by atoms with Crippen LogP contribution >= 0.6 is 11.6 Å². The van der Waals surface area contributed by atoms with E-state index in [-0.39, 0.29) is 31.0 Å². The van der Waals surface area contributed by atoms with Gasteiger partial charge in [-0.3, -0.25) is 14.7 Å². The molecule has 9 heteroatoms. The fourth-order valence-electron chi connectivity index (χ4n) is 4.50. The van der Waals surface area contributed by atoms with E-state index in [2.05, 4.69) is 15.2 Å². The van der Waals surface area contributed by atoms with Gasteiger partial charge < -0.3 is 25.6 Å². The lowest BCUT2D eigenvalue weighted by molar-refractivity contribution is -0.123. The Bertz CT molecular complexity index is 1200. The van der Waals surface area contributed by atoms with E-state index in [0.29, 0.717) is 39.5 Å². The van der Waals surface area contributed by atoms with Gasteiger partial charge in [0.2, 0.25) is 12.7 Å². The number of carbonyl (C=O) groups excluding carboxylic acids is 1. The van der Waals surface area contributed by atoms with Crippen molar-refractivity contribution in [2.24, 2.45) is 5.73 Å². The number of aromatic hydroxyl groups is 1. The summed E-state index contributed by atoms with van der Waals surface area (Å²) in [5.74, 6) is 1.01. The van der Waals surface area contributed by atoms with Crippen molar-refractivity contribution in [3.05, 3.63) is 58.7 Å². The number of nitrogens with two attached hydrogens (primary N) is 1. The molecule has 33 heavy (non-hydrogen) atoms. The summed E-state index contributed by atoms with van der Waals surface area (Å²) < 4.78 is 11.0. The summed E-state index contributed by atoms with van der Waals surface area (Å²) in [6.07, 6.45) is 3.52. The third-order valence-corrected chi connectivity index (χ3v) is 6.41. The van der Waals surface area contributed by atoms with Crippen molar-refractivity contribution in [3.63, 3.8) is 0 Å². The highest BCUT2D eigenvalue weighted by molar-refractivity contribution is 6.35. The lowest BCUT2D eigenvalue weighted by Gasteiger charge is -2.31. The molecule has 3 aromatic rings. The molecule has 8 nitrogen and oxygen atoms in total. The predicted octanol–water partition coefficient (Wildman–Crippen LogP) is 2.95. The molecule has 3 heterocycles. The van der Waals surface area contributed by atoms with Crippen LogP contribution in [0.25, 0.3) is 10.9 Å². The summed E-state index contributed by atoms with van der Waals surface area (Å²) in [7, 11) is 0. The van der Waals surface area contributed by atoms with E-state index >= 15 is 0 Å². The number of halogens is 1. The Balaban J connectivity index is 1.51. The fourth-order valence-corrected chi connectivity index (χ4v) is 4.77. The molecular formula is C24H25ClN4O4. The topological polar surface area (TPSA) is 110 Å². The molecule has 0 aliphatic carbocycles. The third-order valence-electron chi connectivity index (χ3n) is 6.10. The average molecular weight is 469 g/mol. The normalized spacial score (nSPS) is 18.9. The number of piperidine rings is 1. The van der Waals surface area contributed by atoms with E-state index in [4.69, 9.17) is 26.8 Å². The Labute approximate surface area is 196 Å². The number of fused-ring (bicyclic) bond motifs is 2. The Kier molecular flexibility index (Phi) is 5.97. The molecule has 0 spiro atoms. The Morgan fingerprint density at radius 2 is 2.15 bits per heavy atom. The monoisotopic (exact) mass is 468 g/mol. The van der Waals surface area contributed by atoms with Gasteiger partial charge in [-0.1, -0.05) is 17.7 Å². The number of phenols is 1. The van der Waals surface area contributed by atoms with Crippen molar-refractivity contribution in [2.75, 3.05) is 26.4 Å². The first kappa shape index (κ1) is 21.8. The number of carbonyl (C=O) groups is 1. The smallest absolute Gasteiger partial charge is 0.234 e. The third kappa shape index (κ3) is 4.42. The van der Waals surface area contributed by atoms with Gasteiger partial charge in [0.15, 0.2) is 11.5 Å². The minimum Gasteiger partial charge on any atom is -0.505 e. The number of rotatable bonds is 5. The van der Waals surface area contributed by atoms with E-state index in [9.17, 15) is 9.90 Å². The van der Waals surface area contributed by atoms with Crippen LogP contribution in [0.4, 0.5) is 0 Å².